The Labute approximate surface area is 158 Å². The molecule has 0 unspecified atom stereocenters. The molecular formula is C20H22ClNO4. The first-order valence-electron chi connectivity index (χ1n) is 8.48. The Morgan fingerprint density at radius 2 is 1.81 bits per heavy atom. The summed E-state index contributed by atoms with van der Waals surface area (Å²) in [4.78, 5) is 14.5. The van der Waals surface area contributed by atoms with E-state index in [0.29, 0.717) is 36.0 Å². The van der Waals surface area contributed by atoms with Gasteiger partial charge in [0.1, 0.15) is 17.2 Å². The minimum Gasteiger partial charge on any atom is -0.497 e. The van der Waals surface area contributed by atoms with Gasteiger partial charge >= 0.3 is 0 Å². The third-order valence-electron chi connectivity index (χ3n) is 4.19. The zero-order chi connectivity index (χ0) is 18.7. The van der Waals surface area contributed by atoms with E-state index in [1.807, 2.05) is 24.3 Å². The van der Waals surface area contributed by atoms with Gasteiger partial charge in [-0.25, -0.2) is 0 Å². The number of rotatable bonds is 6. The molecule has 0 saturated heterocycles. The maximum absolute atomic E-state index is 12.8. The van der Waals surface area contributed by atoms with Crippen molar-refractivity contribution in [1.29, 1.82) is 0 Å². The molecule has 0 fully saturated rings. The maximum atomic E-state index is 12.8. The summed E-state index contributed by atoms with van der Waals surface area (Å²) in [5, 5.41) is 0.569. The first kappa shape index (κ1) is 18.4. The second-order valence-corrected chi connectivity index (χ2v) is 7.00. The van der Waals surface area contributed by atoms with Crippen molar-refractivity contribution >= 4 is 23.2 Å². The van der Waals surface area contributed by atoms with E-state index in [1.54, 1.807) is 44.1 Å². The number of anilines is 1. The molecule has 2 aromatic carbocycles. The molecule has 6 heteroatoms. The normalized spacial score (nSPS) is 15.2. The predicted molar refractivity (Wildman–Crippen MR) is 102 cm³/mol. The van der Waals surface area contributed by atoms with Gasteiger partial charge in [-0.2, -0.15) is 0 Å². The van der Waals surface area contributed by atoms with Crippen molar-refractivity contribution in [3.05, 3.63) is 47.5 Å². The molecule has 138 valence electrons. The summed E-state index contributed by atoms with van der Waals surface area (Å²) >= 11 is 6.10. The van der Waals surface area contributed by atoms with Crippen LogP contribution in [0.1, 0.15) is 20.3 Å². The quantitative estimate of drug-likeness (QED) is 0.705. The fourth-order valence-electron chi connectivity index (χ4n) is 2.85. The fraction of sp³-hybridized carbons (Fsp3) is 0.350. The summed E-state index contributed by atoms with van der Waals surface area (Å²) in [5.74, 6) is 2.13. The van der Waals surface area contributed by atoms with Gasteiger partial charge in [-0.3, -0.25) is 4.79 Å². The molecule has 0 aliphatic carbocycles. The topological polar surface area (TPSA) is 48.0 Å². The van der Waals surface area contributed by atoms with E-state index in [0.717, 1.165) is 11.5 Å². The van der Waals surface area contributed by atoms with Crippen LogP contribution < -0.4 is 19.1 Å². The number of amides is 1. The van der Waals surface area contributed by atoms with Crippen molar-refractivity contribution in [3.8, 4) is 17.2 Å². The summed E-state index contributed by atoms with van der Waals surface area (Å²) in [6.45, 7) is 4.56. The predicted octanol–water partition coefficient (Wildman–Crippen LogP) is 4.32. The smallest absolute Gasteiger partial charge is 0.270 e. The van der Waals surface area contributed by atoms with Gasteiger partial charge in [0.05, 0.1) is 19.4 Å². The molecule has 26 heavy (non-hydrogen) atoms. The molecule has 1 amide bonds. The number of carbonyl (C=O) groups is 1. The average Bonchev–Trinajstić information content (AvgIpc) is 2.62. The zero-order valence-corrected chi connectivity index (χ0v) is 15.9. The van der Waals surface area contributed by atoms with Crippen molar-refractivity contribution < 1.29 is 19.0 Å². The highest BCUT2D eigenvalue weighted by atomic mass is 35.5. The lowest BCUT2D eigenvalue weighted by atomic mass is 10.0. The molecule has 0 spiro atoms. The number of halogens is 1. The van der Waals surface area contributed by atoms with Crippen LogP contribution in [0.2, 0.25) is 5.02 Å². The summed E-state index contributed by atoms with van der Waals surface area (Å²) in [5.41, 5.74) is -0.205. The van der Waals surface area contributed by atoms with Gasteiger partial charge < -0.3 is 19.1 Å². The Kier molecular flexibility index (Phi) is 5.28. The van der Waals surface area contributed by atoms with E-state index in [2.05, 4.69) is 0 Å². The highest BCUT2D eigenvalue weighted by Gasteiger charge is 2.40. The molecule has 0 bridgehead atoms. The Balaban J connectivity index is 1.64. The molecule has 3 rings (SSSR count). The average molecular weight is 376 g/mol. The van der Waals surface area contributed by atoms with Gasteiger partial charge in [0.25, 0.3) is 5.91 Å². The number of carbonyl (C=O) groups excluding carboxylic acids is 1. The van der Waals surface area contributed by atoms with Crippen LogP contribution >= 0.6 is 11.6 Å². The number of methoxy groups -OCH3 is 1. The zero-order valence-electron chi connectivity index (χ0n) is 15.1. The van der Waals surface area contributed by atoms with Crippen molar-refractivity contribution in [3.63, 3.8) is 0 Å². The minimum absolute atomic E-state index is 0.0864. The molecular weight excluding hydrogens is 354 g/mol. The van der Waals surface area contributed by atoms with Crippen LogP contribution in [0.15, 0.2) is 42.5 Å². The van der Waals surface area contributed by atoms with Crippen molar-refractivity contribution in [1.82, 2.24) is 0 Å². The maximum Gasteiger partial charge on any atom is 0.270 e. The number of fused-ring (bicyclic) bond motifs is 1. The molecule has 0 radical (unpaired) electrons. The summed E-state index contributed by atoms with van der Waals surface area (Å²) in [6, 6.07) is 12.7. The highest BCUT2D eigenvalue weighted by molar-refractivity contribution is 6.31. The van der Waals surface area contributed by atoms with Crippen molar-refractivity contribution in [2.24, 2.45) is 0 Å². The molecule has 0 atom stereocenters. The number of hydrogen-bond acceptors (Lipinski definition) is 4. The molecule has 0 saturated carbocycles. The van der Waals surface area contributed by atoms with Gasteiger partial charge in [-0.05, 0) is 62.7 Å². The largest absolute Gasteiger partial charge is 0.497 e. The number of ether oxygens (including phenoxy) is 3. The van der Waals surface area contributed by atoms with Crippen LogP contribution in [0.3, 0.4) is 0 Å². The second-order valence-electron chi connectivity index (χ2n) is 6.56. The third kappa shape index (κ3) is 3.88. The Bertz CT molecular complexity index is 789. The van der Waals surface area contributed by atoms with E-state index in [9.17, 15) is 4.79 Å². The van der Waals surface area contributed by atoms with E-state index in [-0.39, 0.29) is 5.91 Å². The van der Waals surface area contributed by atoms with Crippen LogP contribution in [0.4, 0.5) is 5.69 Å². The second kappa shape index (κ2) is 7.46. The molecule has 2 aromatic rings. The summed E-state index contributed by atoms with van der Waals surface area (Å²) < 4.78 is 16.7. The third-order valence-corrected chi connectivity index (χ3v) is 4.43. The van der Waals surface area contributed by atoms with Gasteiger partial charge in [0.2, 0.25) is 0 Å². The van der Waals surface area contributed by atoms with E-state index < -0.39 is 5.60 Å². The first-order chi connectivity index (χ1) is 12.4. The highest BCUT2D eigenvalue weighted by Crippen LogP contribution is 2.39. The standard InChI is InChI=1S/C20H22ClNO4/c1-20(2)19(23)22(17-13-14(21)5-10-18(17)26-20)11-4-12-25-16-8-6-15(24-3)7-9-16/h5-10,13H,4,11-12H2,1-3H3. The number of nitrogens with zero attached hydrogens (tertiary/aromatic N) is 1. The first-order valence-corrected chi connectivity index (χ1v) is 8.86. The number of hydrogen-bond donors (Lipinski definition) is 0. The molecule has 1 aliphatic rings. The van der Waals surface area contributed by atoms with Gasteiger partial charge in [0.15, 0.2) is 5.60 Å². The Hall–Kier alpha value is -2.40. The monoisotopic (exact) mass is 375 g/mol. The van der Waals surface area contributed by atoms with E-state index >= 15 is 0 Å². The van der Waals surface area contributed by atoms with Crippen molar-refractivity contribution in [2.45, 2.75) is 25.9 Å². The lowest BCUT2D eigenvalue weighted by Gasteiger charge is -2.38. The molecule has 1 aliphatic heterocycles. The molecule has 1 heterocycles. The SMILES string of the molecule is COc1ccc(OCCCN2C(=O)C(C)(C)Oc3ccc(Cl)cc32)cc1. The van der Waals surface area contributed by atoms with Gasteiger partial charge in [-0.15, -0.1) is 0 Å². The van der Waals surface area contributed by atoms with Crippen LogP contribution in [0.25, 0.3) is 0 Å². The minimum atomic E-state index is -0.905. The van der Waals surface area contributed by atoms with E-state index in [4.69, 9.17) is 25.8 Å². The van der Waals surface area contributed by atoms with Crippen LogP contribution in [-0.2, 0) is 4.79 Å². The van der Waals surface area contributed by atoms with Crippen LogP contribution in [-0.4, -0.2) is 31.8 Å². The molecule has 5 nitrogen and oxygen atoms in total. The van der Waals surface area contributed by atoms with Gasteiger partial charge in [0, 0.05) is 11.6 Å². The fourth-order valence-corrected chi connectivity index (χ4v) is 3.01. The lowest BCUT2D eigenvalue weighted by molar-refractivity contribution is -0.132. The van der Waals surface area contributed by atoms with Gasteiger partial charge in [-0.1, -0.05) is 11.6 Å². The van der Waals surface area contributed by atoms with Crippen molar-refractivity contribution in [2.75, 3.05) is 25.2 Å². The summed E-state index contributed by atoms with van der Waals surface area (Å²) in [7, 11) is 1.63. The van der Waals surface area contributed by atoms with Crippen LogP contribution in [0, 0.1) is 0 Å². The Morgan fingerprint density at radius 3 is 2.50 bits per heavy atom. The number of benzene rings is 2. The lowest BCUT2D eigenvalue weighted by Crippen LogP contribution is -2.52. The molecule has 0 aromatic heterocycles. The summed E-state index contributed by atoms with van der Waals surface area (Å²) in [6.07, 6.45) is 0.680. The van der Waals surface area contributed by atoms with Crippen LogP contribution in [0.5, 0.6) is 17.2 Å². The molecule has 0 N–H and O–H groups in total. The van der Waals surface area contributed by atoms with E-state index in [1.165, 1.54) is 0 Å². The Morgan fingerprint density at radius 1 is 1.12 bits per heavy atom.